The molecule has 0 N–H and O–H groups in total. The second-order valence-electron chi connectivity index (χ2n) is 3.77. The van der Waals surface area contributed by atoms with Gasteiger partial charge in [-0.25, -0.2) is 4.79 Å². The molecule has 0 aliphatic heterocycles. The van der Waals surface area contributed by atoms with Crippen LogP contribution in [-0.4, -0.2) is 30.6 Å². The molecule has 0 radical (unpaired) electrons. The zero-order chi connectivity index (χ0) is 12.2. The molecular weight excluding hydrogens is 206 g/mol. The second-order valence-corrected chi connectivity index (χ2v) is 3.77. The van der Waals surface area contributed by atoms with Crippen molar-refractivity contribution in [1.82, 2.24) is 4.90 Å². The number of ether oxygens (including phenoxy) is 1. The van der Waals surface area contributed by atoms with Gasteiger partial charge < -0.3 is 4.74 Å². The molecule has 0 aromatic carbocycles. The normalized spacial score (nSPS) is 9.88. The van der Waals surface area contributed by atoms with Crippen molar-refractivity contribution < 1.29 is 14.3 Å². The Hall–Kier alpha value is -1.06. The Bertz CT molecular complexity index is 195. The Balaban J connectivity index is 3.55. The summed E-state index contributed by atoms with van der Waals surface area (Å²) in [5.74, 6) is 0. The van der Waals surface area contributed by atoms with E-state index in [2.05, 4.69) is 6.92 Å². The number of amides is 2. The fourth-order valence-corrected chi connectivity index (χ4v) is 1.46. The summed E-state index contributed by atoms with van der Waals surface area (Å²) < 4.78 is 4.75. The molecule has 2 amide bonds. The molecule has 0 aliphatic carbocycles. The number of nitrogens with zero attached hydrogens (tertiary/aromatic N) is 1. The van der Waals surface area contributed by atoms with E-state index in [1.54, 1.807) is 6.92 Å². The van der Waals surface area contributed by atoms with Crippen LogP contribution >= 0.6 is 0 Å². The molecule has 16 heavy (non-hydrogen) atoms. The van der Waals surface area contributed by atoms with E-state index < -0.39 is 6.09 Å². The summed E-state index contributed by atoms with van der Waals surface area (Å²) in [5, 5.41) is 0. The summed E-state index contributed by atoms with van der Waals surface area (Å²) in [5.41, 5.74) is 0. The van der Waals surface area contributed by atoms with Gasteiger partial charge in [0.1, 0.15) is 0 Å². The van der Waals surface area contributed by atoms with Gasteiger partial charge in [-0.2, -0.15) is 0 Å². The highest BCUT2D eigenvalue weighted by atomic mass is 16.6. The third kappa shape index (κ3) is 7.26. The van der Waals surface area contributed by atoms with Gasteiger partial charge in [0.05, 0.1) is 6.61 Å². The van der Waals surface area contributed by atoms with Gasteiger partial charge in [-0.3, -0.25) is 9.69 Å². The fraction of sp³-hybridized carbons (Fsp3) is 0.833. The second kappa shape index (κ2) is 10.5. The van der Waals surface area contributed by atoms with Crippen molar-refractivity contribution in [3.8, 4) is 0 Å². The molecule has 0 fully saturated rings. The summed E-state index contributed by atoms with van der Waals surface area (Å²) in [6.07, 6.45) is 6.82. The summed E-state index contributed by atoms with van der Waals surface area (Å²) in [7, 11) is 0. The molecule has 0 aliphatic rings. The van der Waals surface area contributed by atoms with Gasteiger partial charge in [0, 0.05) is 6.54 Å². The minimum absolute atomic E-state index is 0.305. The van der Waals surface area contributed by atoms with Crippen LogP contribution in [0.3, 0.4) is 0 Å². The molecule has 94 valence electrons. The van der Waals surface area contributed by atoms with E-state index in [1.165, 1.54) is 25.7 Å². The van der Waals surface area contributed by atoms with Crippen LogP contribution in [0.2, 0.25) is 0 Å². The summed E-state index contributed by atoms with van der Waals surface area (Å²) in [4.78, 5) is 22.9. The van der Waals surface area contributed by atoms with Crippen LogP contribution < -0.4 is 0 Å². The van der Waals surface area contributed by atoms with E-state index in [-0.39, 0.29) is 0 Å². The number of carbonyl (C=O) groups excluding carboxylic acids is 2. The maximum Gasteiger partial charge on any atom is 0.416 e. The SMILES string of the molecule is CCCCCCCCN(C=O)C(=O)OCC. The maximum absolute atomic E-state index is 11.2. The largest absolute Gasteiger partial charge is 0.449 e. The minimum atomic E-state index is -0.536. The lowest BCUT2D eigenvalue weighted by molar-refractivity contribution is -0.116. The average molecular weight is 229 g/mol. The number of carbonyl (C=O) groups is 2. The Labute approximate surface area is 98.0 Å². The molecule has 4 heteroatoms. The number of rotatable bonds is 9. The van der Waals surface area contributed by atoms with E-state index >= 15 is 0 Å². The van der Waals surface area contributed by atoms with Gasteiger partial charge in [-0.1, -0.05) is 39.0 Å². The van der Waals surface area contributed by atoms with Crippen LogP contribution in [0.5, 0.6) is 0 Å². The van der Waals surface area contributed by atoms with Crippen LogP contribution in [0.4, 0.5) is 4.79 Å². The number of hydrogen-bond donors (Lipinski definition) is 0. The van der Waals surface area contributed by atoms with Crippen LogP contribution in [0.25, 0.3) is 0 Å². The van der Waals surface area contributed by atoms with Crippen LogP contribution in [0.15, 0.2) is 0 Å². The van der Waals surface area contributed by atoms with Crippen molar-refractivity contribution >= 4 is 12.5 Å². The molecule has 4 nitrogen and oxygen atoms in total. The van der Waals surface area contributed by atoms with Gasteiger partial charge in [-0.05, 0) is 13.3 Å². The molecule has 0 saturated carbocycles. The van der Waals surface area contributed by atoms with E-state index in [9.17, 15) is 9.59 Å². The fourth-order valence-electron chi connectivity index (χ4n) is 1.46. The summed E-state index contributed by atoms with van der Waals surface area (Å²) >= 11 is 0. The van der Waals surface area contributed by atoms with Crippen molar-refractivity contribution in [2.24, 2.45) is 0 Å². The highest BCUT2D eigenvalue weighted by molar-refractivity contribution is 5.80. The van der Waals surface area contributed by atoms with Crippen molar-refractivity contribution in [3.05, 3.63) is 0 Å². The molecular formula is C12H23NO3. The molecule has 0 rings (SSSR count). The zero-order valence-corrected chi connectivity index (χ0v) is 10.4. The van der Waals surface area contributed by atoms with E-state index in [0.29, 0.717) is 19.6 Å². The van der Waals surface area contributed by atoms with Crippen LogP contribution in [-0.2, 0) is 9.53 Å². The lowest BCUT2D eigenvalue weighted by Gasteiger charge is -2.14. The Morgan fingerprint density at radius 3 is 2.31 bits per heavy atom. The molecule has 0 heterocycles. The maximum atomic E-state index is 11.2. The number of hydrogen-bond acceptors (Lipinski definition) is 3. The first-order valence-electron chi connectivity index (χ1n) is 6.14. The highest BCUT2D eigenvalue weighted by Crippen LogP contribution is 2.05. The summed E-state index contributed by atoms with van der Waals surface area (Å²) in [6.45, 7) is 4.68. The number of imide groups is 1. The van der Waals surface area contributed by atoms with Crippen LogP contribution in [0, 0.1) is 0 Å². The first kappa shape index (κ1) is 14.9. The molecule has 0 aromatic heterocycles. The average Bonchev–Trinajstić information content (AvgIpc) is 2.28. The van der Waals surface area contributed by atoms with Gasteiger partial charge in [0.15, 0.2) is 0 Å². The molecule has 0 bridgehead atoms. The van der Waals surface area contributed by atoms with E-state index in [1.807, 2.05) is 0 Å². The molecule has 0 spiro atoms. The predicted octanol–water partition coefficient (Wildman–Crippen LogP) is 2.96. The summed E-state index contributed by atoms with van der Waals surface area (Å²) in [6, 6.07) is 0. The first-order valence-corrected chi connectivity index (χ1v) is 6.14. The standard InChI is InChI=1S/C12H23NO3/c1-3-5-6-7-8-9-10-13(11-14)12(15)16-4-2/h11H,3-10H2,1-2H3. The molecule has 0 atom stereocenters. The molecule has 0 aromatic rings. The Morgan fingerprint density at radius 1 is 1.12 bits per heavy atom. The van der Waals surface area contributed by atoms with Gasteiger partial charge in [0.25, 0.3) is 0 Å². The quantitative estimate of drug-likeness (QED) is 0.451. The van der Waals surface area contributed by atoms with Crippen molar-refractivity contribution in [3.63, 3.8) is 0 Å². The molecule has 0 unspecified atom stereocenters. The van der Waals surface area contributed by atoms with Crippen molar-refractivity contribution in [2.45, 2.75) is 52.4 Å². The van der Waals surface area contributed by atoms with Crippen molar-refractivity contribution in [2.75, 3.05) is 13.2 Å². The smallest absolute Gasteiger partial charge is 0.416 e. The monoisotopic (exact) mass is 229 g/mol. The topological polar surface area (TPSA) is 46.6 Å². The third-order valence-electron chi connectivity index (χ3n) is 2.38. The minimum Gasteiger partial charge on any atom is -0.449 e. The third-order valence-corrected chi connectivity index (χ3v) is 2.38. The van der Waals surface area contributed by atoms with E-state index in [4.69, 9.17) is 4.74 Å². The lowest BCUT2D eigenvalue weighted by atomic mass is 10.1. The predicted molar refractivity (Wildman–Crippen MR) is 63.2 cm³/mol. The Kier molecular flexibility index (Phi) is 9.76. The molecule has 0 saturated heterocycles. The Morgan fingerprint density at radius 2 is 1.75 bits per heavy atom. The zero-order valence-electron chi connectivity index (χ0n) is 10.4. The van der Waals surface area contributed by atoms with Gasteiger partial charge in [0.2, 0.25) is 6.41 Å². The van der Waals surface area contributed by atoms with Gasteiger partial charge >= 0.3 is 6.09 Å². The van der Waals surface area contributed by atoms with Crippen molar-refractivity contribution in [1.29, 1.82) is 0 Å². The van der Waals surface area contributed by atoms with Gasteiger partial charge in [-0.15, -0.1) is 0 Å². The number of unbranched alkanes of at least 4 members (excludes halogenated alkanes) is 5. The highest BCUT2D eigenvalue weighted by Gasteiger charge is 2.11. The van der Waals surface area contributed by atoms with Crippen LogP contribution in [0.1, 0.15) is 52.4 Å². The lowest BCUT2D eigenvalue weighted by Crippen LogP contribution is -2.31. The van der Waals surface area contributed by atoms with E-state index in [0.717, 1.165) is 17.7 Å². The first-order chi connectivity index (χ1) is 7.76.